The van der Waals surface area contributed by atoms with E-state index in [0.29, 0.717) is 0 Å². The van der Waals surface area contributed by atoms with Crippen LogP contribution in [0.4, 0.5) is 0 Å². The van der Waals surface area contributed by atoms with Crippen LogP contribution < -0.4 is 4.74 Å². The summed E-state index contributed by atoms with van der Waals surface area (Å²) in [6.07, 6.45) is 3.94. The fourth-order valence-electron chi connectivity index (χ4n) is 12.3. The van der Waals surface area contributed by atoms with E-state index in [1.807, 2.05) is 12.4 Å². The Morgan fingerprint density at radius 2 is 0.969 bits per heavy atom. The SMILES string of the molecule is c1ccc(-n2c3ccccc3c3ccc(-c4cnc5c(c4)C4(c6ccccc6Oc6cc7c(cc64)-c4ccccc4C74c6ccccc6-c6ccccc64)c4cccnc4-5)cc32)cc1. The molecule has 11 aromatic rings. The first-order chi connectivity index (χ1) is 31.7. The van der Waals surface area contributed by atoms with Crippen molar-refractivity contribution >= 4 is 21.8 Å². The molecule has 1 atom stereocenters. The number of hydrogen-bond acceptors (Lipinski definition) is 3. The van der Waals surface area contributed by atoms with Crippen LogP contribution in [0, 0.1) is 0 Å². The topological polar surface area (TPSA) is 39.9 Å². The van der Waals surface area contributed by atoms with E-state index in [0.717, 1.165) is 67.5 Å². The summed E-state index contributed by atoms with van der Waals surface area (Å²) < 4.78 is 9.58. The predicted molar refractivity (Wildman–Crippen MR) is 255 cm³/mol. The average Bonchev–Trinajstić information content (AvgIpc) is 4.04. The van der Waals surface area contributed by atoms with Crippen LogP contribution in [0.1, 0.15) is 44.5 Å². The van der Waals surface area contributed by atoms with E-state index in [4.69, 9.17) is 14.7 Å². The second-order valence-electron chi connectivity index (χ2n) is 17.6. The van der Waals surface area contributed by atoms with Crippen molar-refractivity contribution in [3.05, 3.63) is 257 Å². The molecule has 15 rings (SSSR count). The summed E-state index contributed by atoms with van der Waals surface area (Å²) in [7, 11) is 0. The van der Waals surface area contributed by atoms with Gasteiger partial charge >= 0.3 is 0 Å². The van der Waals surface area contributed by atoms with Crippen molar-refractivity contribution in [1.82, 2.24) is 14.5 Å². The van der Waals surface area contributed by atoms with Crippen LogP contribution in [0.5, 0.6) is 11.5 Å². The number of rotatable bonds is 2. The van der Waals surface area contributed by atoms with Gasteiger partial charge in [0.15, 0.2) is 0 Å². The van der Waals surface area contributed by atoms with Crippen LogP contribution in [0.3, 0.4) is 0 Å². The highest BCUT2D eigenvalue weighted by Crippen LogP contribution is 2.67. The smallest absolute Gasteiger partial charge is 0.132 e. The minimum Gasteiger partial charge on any atom is -0.457 e. The third-order valence-electron chi connectivity index (χ3n) is 14.8. The van der Waals surface area contributed by atoms with Crippen LogP contribution in [0.2, 0.25) is 0 Å². The molecular formula is C60H35N3O. The van der Waals surface area contributed by atoms with E-state index in [1.54, 1.807) is 0 Å². The maximum atomic E-state index is 7.20. The summed E-state index contributed by atoms with van der Waals surface area (Å²) in [5.74, 6) is 1.70. The lowest BCUT2D eigenvalue weighted by molar-refractivity contribution is 0.435. The molecule has 0 radical (unpaired) electrons. The minimum absolute atomic E-state index is 0.496. The van der Waals surface area contributed by atoms with Gasteiger partial charge in [-0.25, -0.2) is 0 Å². The Balaban J connectivity index is 1.01. The van der Waals surface area contributed by atoms with Crippen molar-refractivity contribution in [3.63, 3.8) is 0 Å². The molecule has 4 heteroatoms. The lowest BCUT2D eigenvalue weighted by Gasteiger charge is -2.40. The largest absolute Gasteiger partial charge is 0.457 e. The zero-order chi connectivity index (χ0) is 41.7. The highest BCUT2D eigenvalue weighted by molar-refractivity contribution is 6.10. The van der Waals surface area contributed by atoms with Crippen molar-refractivity contribution in [1.29, 1.82) is 0 Å². The number of hydrogen-bond donors (Lipinski definition) is 0. The van der Waals surface area contributed by atoms with Gasteiger partial charge in [-0.05, 0) is 110 Å². The molecule has 3 aliphatic carbocycles. The zero-order valence-electron chi connectivity index (χ0n) is 34.5. The second-order valence-corrected chi connectivity index (χ2v) is 17.6. The van der Waals surface area contributed by atoms with E-state index in [-0.39, 0.29) is 0 Å². The van der Waals surface area contributed by atoms with Gasteiger partial charge in [-0.1, -0.05) is 146 Å². The molecule has 0 amide bonds. The third-order valence-corrected chi connectivity index (χ3v) is 14.8. The Morgan fingerprint density at radius 1 is 0.359 bits per heavy atom. The van der Waals surface area contributed by atoms with Crippen LogP contribution >= 0.6 is 0 Å². The summed E-state index contributed by atoms with van der Waals surface area (Å²) in [6.45, 7) is 0. The highest BCUT2D eigenvalue weighted by Gasteiger charge is 2.56. The molecule has 0 fully saturated rings. The lowest BCUT2D eigenvalue weighted by Crippen LogP contribution is -2.33. The monoisotopic (exact) mass is 813 g/mol. The number of fused-ring (bicyclic) bond motifs is 22. The zero-order valence-corrected chi connectivity index (χ0v) is 34.5. The van der Waals surface area contributed by atoms with Gasteiger partial charge in [-0.15, -0.1) is 0 Å². The van der Waals surface area contributed by atoms with Gasteiger partial charge in [0, 0.05) is 51.1 Å². The number of para-hydroxylation sites is 3. The summed E-state index contributed by atoms with van der Waals surface area (Å²) in [5.41, 5.74) is 20.8. The molecule has 8 aromatic carbocycles. The molecule has 0 saturated carbocycles. The van der Waals surface area contributed by atoms with Crippen LogP contribution in [-0.4, -0.2) is 14.5 Å². The van der Waals surface area contributed by atoms with E-state index in [9.17, 15) is 0 Å². The molecule has 0 N–H and O–H groups in total. The van der Waals surface area contributed by atoms with Gasteiger partial charge in [0.05, 0.1) is 33.3 Å². The van der Waals surface area contributed by atoms with Gasteiger partial charge in [-0.3, -0.25) is 9.97 Å². The first kappa shape index (κ1) is 34.3. The summed E-state index contributed by atoms with van der Waals surface area (Å²) in [4.78, 5) is 10.5. The van der Waals surface area contributed by atoms with Crippen LogP contribution in [0.25, 0.3) is 72.3 Å². The Morgan fingerprint density at radius 3 is 1.75 bits per heavy atom. The fraction of sp³-hybridized carbons (Fsp3) is 0.0333. The summed E-state index contributed by atoms with van der Waals surface area (Å²) in [5, 5.41) is 2.45. The average molecular weight is 814 g/mol. The van der Waals surface area contributed by atoms with Gasteiger partial charge in [0.1, 0.15) is 11.5 Å². The maximum absolute atomic E-state index is 7.20. The molecule has 4 heterocycles. The van der Waals surface area contributed by atoms with Gasteiger partial charge in [-0.2, -0.15) is 0 Å². The number of ether oxygens (including phenoxy) is 1. The summed E-state index contributed by atoms with van der Waals surface area (Å²) >= 11 is 0. The molecule has 296 valence electrons. The molecule has 4 nitrogen and oxygen atoms in total. The fourth-order valence-corrected chi connectivity index (χ4v) is 12.3. The van der Waals surface area contributed by atoms with E-state index < -0.39 is 10.8 Å². The molecule has 3 aromatic heterocycles. The van der Waals surface area contributed by atoms with Gasteiger partial charge < -0.3 is 9.30 Å². The van der Waals surface area contributed by atoms with Gasteiger partial charge in [0.25, 0.3) is 0 Å². The van der Waals surface area contributed by atoms with Gasteiger partial charge in [0.2, 0.25) is 0 Å². The molecule has 1 aliphatic heterocycles. The van der Waals surface area contributed by atoms with Crippen molar-refractivity contribution in [2.75, 3.05) is 0 Å². The van der Waals surface area contributed by atoms with Crippen molar-refractivity contribution in [2.45, 2.75) is 10.8 Å². The Bertz CT molecular complexity index is 3800. The second kappa shape index (κ2) is 12.2. The van der Waals surface area contributed by atoms with E-state index in [1.165, 1.54) is 60.8 Å². The first-order valence-electron chi connectivity index (χ1n) is 22.1. The molecule has 1 unspecified atom stereocenters. The molecule has 0 bridgehead atoms. The molecule has 4 aliphatic rings. The molecule has 2 spiro atoms. The van der Waals surface area contributed by atoms with Crippen LogP contribution in [0.15, 0.2) is 213 Å². The Kier molecular flexibility index (Phi) is 6.52. The van der Waals surface area contributed by atoms with E-state index in [2.05, 4.69) is 205 Å². The quantitative estimate of drug-likeness (QED) is 0.175. The number of nitrogens with zero attached hydrogens (tertiary/aromatic N) is 3. The maximum Gasteiger partial charge on any atom is 0.132 e. The van der Waals surface area contributed by atoms with Crippen molar-refractivity contribution in [3.8, 4) is 62.0 Å². The van der Waals surface area contributed by atoms with Crippen molar-refractivity contribution < 1.29 is 4.74 Å². The summed E-state index contributed by atoms with van der Waals surface area (Å²) in [6, 6.07) is 73.4. The molecular weight excluding hydrogens is 779 g/mol. The highest BCUT2D eigenvalue weighted by atomic mass is 16.5. The molecule has 64 heavy (non-hydrogen) atoms. The third kappa shape index (κ3) is 4.05. The number of aromatic nitrogens is 3. The van der Waals surface area contributed by atoms with E-state index >= 15 is 0 Å². The Labute approximate surface area is 369 Å². The Hall–Kier alpha value is -8.34. The minimum atomic E-state index is -0.764. The standard InChI is InChI=1S/C60H35N3O/c1-2-15-38(16-3-1)63-53-26-12-7-20-42(53)43-29-28-36(32-54(43)63)37-31-52-58(62-35-37)57-49(25-14-30-61-57)60(52)48-24-11-13-27-55(48)64-56-34-50-44(33-51(56)60)41-19-6-10-23-47(41)59(50)45-21-8-4-17-39(45)40-18-5-9-22-46(40)59/h1-35H. The number of pyridine rings is 2. The van der Waals surface area contributed by atoms with Crippen LogP contribution in [-0.2, 0) is 10.8 Å². The molecule has 0 saturated heterocycles. The normalized spacial score (nSPS) is 16.1. The number of benzene rings is 8. The van der Waals surface area contributed by atoms with Crippen molar-refractivity contribution in [2.24, 2.45) is 0 Å². The lowest BCUT2D eigenvalue weighted by atomic mass is 9.65. The first-order valence-corrected chi connectivity index (χ1v) is 22.1. The predicted octanol–water partition coefficient (Wildman–Crippen LogP) is 14.1.